The molecule has 96 valence electrons. The Morgan fingerprint density at radius 3 is 2.18 bits per heavy atom. The molecule has 1 aromatic rings. The largest absolute Gasteiger partial charge is 0.354 e. The molecule has 0 atom stereocenters. The Labute approximate surface area is 98.5 Å². The van der Waals surface area contributed by atoms with Gasteiger partial charge in [-0.05, 0) is 6.92 Å². The summed E-state index contributed by atoms with van der Waals surface area (Å²) in [7, 11) is 3.53. The summed E-state index contributed by atoms with van der Waals surface area (Å²) in [5.41, 5.74) is 0. The molecule has 0 fully saturated rings. The molecule has 0 saturated heterocycles. The van der Waals surface area contributed by atoms with Gasteiger partial charge in [-0.2, -0.15) is 15.0 Å². The van der Waals surface area contributed by atoms with E-state index in [1.807, 2.05) is 6.92 Å². The second kappa shape index (κ2) is 6.12. The first-order chi connectivity index (χ1) is 8.02. The highest BCUT2D eigenvalue weighted by Gasteiger charge is 2.09. The SMILES string of the molecule is CCNc1nc(NCC(F)F)nc(N(C)C)n1. The Bertz CT molecular complexity index is 357. The smallest absolute Gasteiger partial charge is 0.255 e. The predicted octanol–water partition coefficient (Wildman–Crippen LogP) is 1.05. The lowest BCUT2D eigenvalue weighted by molar-refractivity contribution is 0.163. The summed E-state index contributed by atoms with van der Waals surface area (Å²) < 4.78 is 24.1. The molecule has 0 amide bonds. The Hall–Kier alpha value is -1.73. The third-order valence-electron chi connectivity index (χ3n) is 1.77. The van der Waals surface area contributed by atoms with Crippen LogP contribution in [0.4, 0.5) is 26.6 Å². The van der Waals surface area contributed by atoms with Crippen LogP contribution in [0.15, 0.2) is 0 Å². The van der Waals surface area contributed by atoms with Gasteiger partial charge in [-0.25, -0.2) is 8.78 Å². The van der Waals surface area contributed by atoms with Crippen LogP contribution in [-0.4, -0.2) is 48.6 Å². The van der Waals surface area contributed by atoms with E-state index in [-0.39, 0.29) is 5.95 Å². The van der Waals surface area contributed by atoms with Crippen LogP contribution < -0.4 is 15.5 Å². The van der Waals surface area contributed by atoms with Crippen molar-refractivity contribution in [3.8, 4) is 0 Å². The van der Waals surface area contributed by atoms with Gasteiger partial charge in [0.2, 0.25) is 17.8 Å². The lowest BCUT2D eigenvalue weighted by Gasteiger charge is -2.13. The van der Waals surface area contributed by atoms with E-state index in [1.165, 1.54) is 0 Å². The van der Waals surface area contributed by atoms with Crippen molar-refractivity contribution in [2.24, 2.45) is 0 Å². The van der Waals surface area contributed by atoms with Crippen LogP contribution in [0.3, 0.4) is 0 Å². The molecular weight excluding hydrogens is 230 g/mol. The number of hydrogen-bond donors (Lipinski definition) is 2. The minimum atomic E-state index is -2.45. The highest BCUT2D eigenvalue weighted by molar-refractivity contribution is 5.42. The third-order valence-corrected chi connectivity index (χ3v) is 1.77. The number of halogens is 2. The minimum absolute atomic E-state index is 0.139. The zero-order valence-electron chi connectivity index (χ0n) is 10.0. The average molecular weight is 246 g/mol. The molecule has 0 radical (unpaired) electrons. The van der Waals surface area contributed by atoms with E-state index < -0.39 is 13.0 Å². The summed E-state index contributed by atoms with van der Waals surface area (Å²) in [6.07, 6.45) is -2.45. The highest BCUT2D eigenvalue weighted by atomic mass is 19.3. The van der Waals surface area contributed by atoms with E-state index in [0.717, 1.165) is 0 Å². The van der Waals surface area contributed by atoms with E-state index in [0.29, 0.717) is 18.4 Å². The number of nitrogens with one attached hydrogen (secondary N) is 2. The minimum Gasteiger partial charge on any atom is -0.354 e. The number of aromatic nitrogens is 3. The molecule has 0 aliphatic carbocycles. The summed E-state index contributed by atoms with van der Waals surface area (Å²) in [5, 5.41) is 5.37. The van der Waals surface area contributed by atoms with Gasteiger partial charge in [0.15, 0.2) is 0 Å². The van der Waals surface area contributed by atoms with Crippen LogP contribution in [-0.2, 0) is 0 Å². The maximum Gasteiger partial charge on any atom is 0.255 e. The summed E-state index contributed by atoms with van der Waals surface area (Å²) in [6.45, 7) is 2.05. The molecule has 0 saturated carbocycles. The number of anilines is 3. The molecular formula is C9H16F2N6. The molecule has 0 aliphatic heterocycles. The lowest BCUT2D eigenvalue weighted by Crippen LogP contribution is -2.19. The van der Waals surface area contributed by atoms with Gasteiger partial charge in [-0.15, -0.1) is 0 Å². The zero-order chi connectivity index (χ0) is 12.8. The number of alkyl halides is 2. The molecule has 1 rings (SSSR count). The molecule has 2 N–H and O–H groups in total. The molecule has 0 spiro atoms. The van der Waals surface area contributed by atoms with Crippen molar-refractivity contribution in [1.82, 2.24) is 15.0 Å². The summed E-state index contributed by atoms with van der Waals surface area (Å²) >= 11 is 0. The first-order valence-electron chi connectivity index (χ1n) is 5.22. The van der Waals surface area contributed by atoms with Gasteiger partial charge < -0.3 is 15.5 Å². The molecule has 1 aromatic heterocycles. The number of hydrogen-bond acceptors (Lipinski definition) is 6. The van der Waals surface area contributed by atoms with Crippen molar-refractivity contribution in [2.75, 3.05) is 42.7 Å². The maximum absolute atomic E-state index is 12.1. The second-order valence-corrected chi connectivity index (χ2v) is 3.48. The predicted molar refractivity (Wildman–Crippen MR) is 62.8 cm³/mol. The fourth-order valence-corrected chi connectivity index (χ4v) is 1.05. The first kappa shape index (κ1) is 13.3. The topological polar surface area (TPSA) is 66.0 Å². The quantitative estimate of drug-likeness (QED) is 0.782. The van der Waals surface area contributed by atoms with Gasteiger partial charge in [0.05, 0.1) is 6.54 Å². The maximum atomic E-state index is 12.1. The van der Waals surface area contributed by atoms with Crippen molar-refractivity contribution in [1.29, 1.82) is 0 Å². The van der Waals surface area contributed by atoms with Crippen LogP contribution in [0.5, 0.6) is 0 Å². The summed E-state index contributed by atoms with van der Waals surface area (Å²) in [5.74, 6) is 0.913. The Morgan fingerprint density at radius 1 is 1.12 bits per heavy atom. The number of nitrogens with zero attached hydrogens (tertiary/aromatic N) is 4. The fourth-order valence-electron chi connectivity index (χ4n) is 1.05. The normalized spacial score (nSPS) is 10.5. The van der Waals surface area contributed by atoms with Crippen LogP contribution in [0.25, 0.3) is 0 Å². The monoisotopic (exact) mass is 246 g/mol. The van der Waals surface area contributed by atoms with Crippen molar-refractivity contribution in [2.45, 2.75) is 13.3 Å². The van der Waals surface area contributed by atoms with E-state index >= 15 is 0 Å². The highest BCUT2D eigenvalue weighted by Crippen LogP contribution is 2.11. The van der Waals surface area contributed by atoms with E-state index in [2.05, 4.69) is 25.6 Å². The Kier molecular flexibility index (Phi) is 4.80. The summed E-state index contributed by atoms with van der Waals surface area (Å²) in [6, 6.07) is 0. The van der Waals surface area contributed by atoms with Gasteiger partial charge in [0.1, 0.15) is 0 Å². The van der Waals surface area contributed by atoms with Crippen molar-refractivity contribution in [3.05, 3.63) is 0 Å². The van der Waals surface area contributed by atoms with E-state index in [4.69, 9.17) is 0 Å². The Morgan fingerprint density at radius 2 is 1.71 bits per heavy atom. The van der Waals surface area contributed by atoms with Crippen LogP contribution in [0, 0.1) is 0 Å². The van der Waals surface area contributed by atoms with E-state index in [1.54, 1.807) is 19.0 Å². The van der Waals surface area contributed by atoms with E-state index in [9.17, 15) is 8.78 Å². The lowest BCUT2D eigenvalue weighted by atomic mass is 10.6. The molecule has 0 aliphatic rings. The number of rotatable bonds is 6. The van der Waals surface area contributed by atoms with Crippen LogP contribution in [0.2, 0.25) is 0 Å². The van der Waals surface area contributed by atoms with Gasteiger partial charge in [0, 0.05) is 20.6 Å². The molecule has 0 bridgehead atoms. The standard InChI is InChI=1S/C9H16F2N6/c1-4-12-7-14-8(13-5-6(10)11)16-9(15-7)17(2)3/h6H,4-5H2,1-3H3,(H2,12,13,14,15,16). The molecule has 0 aromatic carbocycles. The van der Waals surface area contributed by atoms with Crippen molar-refractivity contribution < 1.29 is 8.78 Å². The second-order valence-electron chi connectivity index (χ2n) is 3.48. The molecule has 0 unspecified atom stereocenters. The third kappa shape index (κ3) is 4.33. The van der Waals surface area contributed by atoms with Crippen LogP contribution >= 0.6 is 0 Å². The molecule has 1 heterocycles. The van der Waals surface area contributed by atoms with Crippen molar-refractivity contribution in [3.63, 3.8) is 0 Å². The van der Waals surface area contributed by atoms with Gasteiger partial charge in [-0.1, -0.05) is 0 Å². The molecule has 17 heavy (non-hydrogen) atoms. The fraction of sp³-hybridized carbons (Fsp3) is 0.667. The van der Waals surface area contributed by atoms with Gasteiger partial charge in [-0.3, -0.25) is 0 Å². The zero-order valence-corrected chi connectivity index (χ0v) is 10.0. The molecule has 8 heteroatoms. The average Bonchev–Trinajstić information content (AvgIpc) is 2.26. The van der Waals surface area contributed by atoms with Crippen LogP contribution in [0.1, 0.15) is 6.92 Å². The first-order valence-corrected chi connectivity index (χ1v) is 5.22. The Balaban J connectivity index is 2.87. The molecule has 6 nitrogen and oxygen atoms in total. The van der Waals surface area contributed by atoms with Gasteiger partial charge in [0.25, 0.3) is 6.43 Å². The summed E-state index contributed by atoms with van der Waals surface area (Å²) in [4.78, 5) is 13.8. The van der Waals surface area contributed by atoms with Crippen molar-refractivity contribution >= 4 is 17.8 Å². The van der Waals surface area contributed by atoms with Gasteiger partial charge >= 0.3 is 0 Å².